The molecule has 2 aromatic carbocycles. The number of amides is 1. The van der Waals surface area contributed by atoms with Gasteiger partial charge in [0.15, 0.2) is 11.5 Å². The van der Waals surface area contributed by atoms with Crippen LogP contribution in [-0.4, -0.2) is 16.9 Å². The van der Waals surface area contributed by atoms with E-state index in [4.69, 9.17) is 5.73 Å². The molecule has 2 heterocycles. The summed E-state index contributed by atoms with van der Waals surface area (Å²) in [5, 5.41) is 5.87. The number of benzene rings is 2. The highest BCUT2D eigenvalue weighted by Crippen LogP contribution is 2.37. The van der Waals surface area contributed by atoms with Crippen molar-refractivity contribution < 1.29 is 4.79 Å². The van der Waals surface area contributed by atoms with Gasteiger partial charge in [0.25, 0.3) is 5.91 Å². The fourth-order valence-corrected chi connectivity index (χ4v) is 3.11. The SMILES string of the molecule is NC1=NC(c2ccccc2)(c2cccc(Nc3ccccn3)c2)C(=O)N1. The van der Waals surface area contributed by atoms with Crippen molar-refractivity contribution in [3.8, 4) is 0 Å². The zero-order chi connectivity index (χ0) is 18.0. The van der Waals surface area contributed by atoms with Gasteiger partial charge in [0.2, 0.25) is 0 Å². The predicted octanol–water partition coefficient (Wildman–Crippen LogP) is 2.51. The van der Waals surface area contributed by atoms with Gasteiger partial charge in [-0.15, -0.1) is 0 Å². The fraction of sp³-hybridized carbons (Fsp3) is 0.0500. The molecule has 6 nitrogen and oxygen atoms in total. The van der Waals surface area contributed by atoms with E-state index >= 15 is 0 Å². The molecule has 0 spiro atoms. The molecule has 0 bridgehead atoms. The molecule has 128 valence electrons. The molecule has 4 N–H and O–H groups in total. The van der Waals surface area contributed by atoms with Crippen molar-refractivity contribution in [2.45, 2.75) is 5.54 Å². The highest BCUT2D eigenvalue weighted by molar-refractivity contribution is 6.09. The Balaban J connectivity index is 1.81. The van der Waals surface area contributed by atoms with Crippen LogP contribution in [0.5, 0.6) is 0 Å². The van der Waals surface area contributed by atoms with Crippen LogP contribution >= 0.6 is 0 Å². The maximum absolute atomic E-state index is 12.8. The van der Waals surface area contributed by atoms with Gasteiger partial charge in [-0.05, 0) is 35.4 Å². The standard InChI is InChI=1S/C20H17N5O/c21-19-24-18(26)20(25-19,14-7-2-1-3-8-14)15-9-6-10-16(13-15)23-17-11-4-5-12-22-17/h1-13H,(H,22,23)(H3,21,24,25,26). The number of carbonyl (C=O) groups excluding carboxylic acids is 1. The number of aromatic nitrogens is 1. The average Bonchev–Trinajstić information content (AvgIpc) is 2.98. The predicted molar refractivity (Wildman–Crippen MR) is 101 cm³/mol. The Kier molecular flexibility index (Phi) is 3.85. The average molecular weight is 343 g/mol. The number of hydrogen-bond donors (Lipinski definition) is 3. The molecule has 6 heteroatoms. The molecule has 0 radical (unpaired) electrons. The molecule has 1 atom stereocenters. The first-order valence-electron chi connectivity index (χ1n) is 8.19. The maximum atomic E-state index is 12.8. The molecule has 4 rings (SSSR count). The molecule has 0 aliphatic carbocycles. The van der Waals surface area contributed by atoms with Crippen LogP contribution in [0.25, 0.3) is 0 Å². The number of pyridine rings is 1. The Morgan fingerprint density at radius 2 is 1.69 bits per heavy atom. The largest absolute Gasteiger partial charge is 0.370 e. The summed E-state index contributed by atoms with van der Waals surface area (Å²) in [5.41, 5.74) is 6.92. The molecule has 3 aromatic rings. The van der Waals surface area contributed by atoms with Crippen molar-refractivity contribution in [3.05, 3.63) is 90.1 Å². The minimum Gasteiger partial charge on any atom is -0.370 e. The summed E-state index contributed by atoms with van der Waals surface area (Å²) in [5.74, 6) is 0.565. The molecular weight excluding hydrogens is 326 g/mol. The van der Waals surface area contributed by atoms with Crippen LogP contribution in [-0.2, 0) is 10.3 Å². The van der Waals surface area contributed by atoms with E-state index in [1.165, 1.54) is 0 Å². The lowest BCUT2D eigenvalue weighted by molar-refractivity contribution is -0.122. The summed E-state index contributed by atoms with van der Waals surface area (Å²) in [4.78, 5) is 21.6. The third-order valence-corrected chi connectivity index (χ3v) is 4.27. The van der Waals surface area contributed by atoms with Crippen LogP contribution in [0.4, 0.5) is 11.5 Å². The Bertz CT molecular complexity index is 972. The molecule has 1 aliphatic heterocycles. The summed E-state index contributed by atoms with van der Waals surface area (Å²) >= 11 is 0. The number of rotatable bonds is 4. The number of anilines is 2. The summed E-state index contributed by atoms with van der Waals surface area (Å²) in [6, 6.07) is 22.6. The molecule has 1 aliphatic rings. The maximum Gasteiger partial charge on any atom is 0.263 e. The monoisotopic (exact) mass is 343 g/mol. The summed E-state index contributed by atoms with van der Waals surface area (Å²) in [6.07, 6.45) is 1.72. The lowest BCUT2D eigenvalue weighted by atomic mass is 9.83. The number of carbonyl (C=O) groups is 1. The number of hydrogen-bond acceptors (Lipinski definition) is 5. The van der Waals surface area contributed by atoms with Crippen molar-refractivity contribution in [2.75, 3.05) is 5.32 Å². The zero-order valence-corrected chi connectivity index (χ0v) is 13.9. The van der Waals surface area contributed by atoms with Crippen molar-refractivity contribution in [1.29, 1.82) is 0 Å². The first kappa shape index (κ1) is 15.8. The van der Waals surface area contributed by atoms with Gasteiger partial charge < -0.3 is 11.1 Å². The molecule has 1 unspecified atom stereocenters. The third kappa shape index (κ3) is 2.67. The van der Waals surface area contributed by atoms with Gasteiger partial charge in [-0.3, -0.25) is 10.1 Å². The Hall–Kier alpha value is -3.67. The molecule has 0 saturated carbocycles. The Labute approximate surface area is 150 Å². The topological polar surface area (TPSA) is 92.4 Å². The lowest BCUT2D eigenvalue weighted by Crippen LogP contribution is -2.39. The number of nitrogens with one attached hydrogen (secondary N) is 2. The van der Waals surface area contributed by atoms with Gasteiger partial charge >= 0.3 is 0 Å². The van der Waals surface area contributed by atoms with Gasteiger partial charge in [-0.1, -0.05) is 48.5 Å². The first-order valence-corrected chi connectivity index (χ1v) is 8.19. The van der Waals surface area contributed by atoms with Gasteiger partial charge in [0.1, 0.15) is 5.82 Å². The number of nitrogens with zero attached hydrogens (tertiary/aromatic N) is 2. The number of guanidine groups is 1. The van der Waals surface area contributed by atoms with Crippen molar-refractivity contribution in [2.24, 2.45) is 10.7 Å². The van der Waals surface area contributed by atoms with E-state index in [2.05, 4.69) is 20.6 Å². The van der Waals surface area contributed by atoms with E-state index < -0.39 is 5.54 Å². The van der Waals surface area contributed by atoms with E-state index in [0.717, 1.165) is 22.6 Å². The van der Waals surface area contributed by atoms with E-state index in [0.29, 0.717) is 0 Å². The van der Waals surface area contributed by atoms with E-state index in [1.807, 2.05) is 72.8 Å². The van der Waals surface area contributed by atoms with Gasteiger partial charge in [-0.25, -0.2) is 9.98 Å². The van der Waals surface area contributed by atoms with Crippen molar-refractivity contribution in [1.82, 2.24) is 10.3 Å². The van der Waals surface area contributed by atoms with Crippen LogP contribution in [0.15, 0.2) is 84.0 Å². The molecule has 1 amide bonds. The van der Waals surface area contributed by atoms with Gasteiger partial charge in [0.05, 0.1) is 0 Å². The van der Waals surface area contributed by atoms with Crippen LogP contribution in [0.1, 0.15) is 11.1 Å². The fourth-order valence-electron chi connectivity index (χ4n) is 3.11. The van der Waals surface area contributed by atoms with E-state index in [9.17, 15) is 4.79 Å². The second kappa shape index (κ2) is 6.33. The molecule has 26 heavy (non-hydrogen) atoms. The van der Waals surface area contributed by atoms with Gasteiger partial charge in [0, 0.05) is 11.9 Å². The minimum atomic E-state index is -1.20. The summed E-state index contributed by atoms with van der Waals surface area (Å²) in [7, 11) is 0. The normalized spacial score (nSPS) is 18.9. The second-order valence-corrected chi connectivity index (χ2v) is 5.95. The Morgan fingerprint density at radius 1 is 0.923 bits per heavy atom. The third-order valence-electron chi connectivity index (χ3n) is 4.27. The quantitative estimate of drug-likeness (QED) is 0.679. The lowest BCUT2D eigenvalue weighted by Gasteiger charge is -2.25. The highest BCUT2D eigenvalue weighted by Gasteiger charge is 2.46. The summed E-state index contributed by atoms with van der Waals surface area (Å²) in [6.45, 7) is 0. The molecule has 0 saturated heterocycles. The van der Waals surface area contributed by atoms with Crippen LogP contribution in [0, 0.1) is 0 Å². The first-order chi connectivity index (χ1) is 12.7. The molecule has 1 aromatic heterocycles. The number of aliphatic imine (C=N–C) groups is 1. The smallest absolute Gasteiger partial charge is 0.263 e. The Morgan fingerprint density at radius 3 is 2.38 bits per heavy atom. The summed E-state index contributed by atoms with van der Waals surface area (Å²) < 4.78 is 0. The molecular formula is C20H17N5O. The molecule has 0 fully saturated rings. The minimum absolute atomic E-state index is 0.113. The van der Waals surface area contributed by atoms with E-state index in [-0.39, 0.29) is 11.9 Å². The van der Waals surface area contributed by atoms with E-state index in [1.54, 1.807) is 6.20 Å². The van der Waals surface area contributed by atoms with Crippen LogP contribution in [0.2, 0.25) is 0 Å². The second-order valence-electron chi connectivity index (χ2n) is 5.95. The number of nitrogens with two attached hydrogens (primary N) is 1. The highest BCUT2D eigenvalue weighted by atomic mass is 16.2. The van der Waals surface area contributed by atoms with Gasteiger partial charge in [-0.2, -0.15) is 0 Å². The van der Waals surface area contributed by atoms with Crippen LogP contribution in [0.3, 0.4) is 0 Å². The van der Waals surface area contributed by atoms with Crippen LogP contribution < -0.4 is 16.4 Å². The van der Waals surface area contributed by atoms with Crippen molar-refractivity contribution in [3.63, 3.8) is 0 Å². The zero-order valence-electron chi connectivity index (χ0n) is 13.9. The van der Waals surface area contributed by atoms with Crippen molar-refractivity contribution >= 4 is 23.4 Å².